The van der Waals surface area contributed by atoms with E-state index in [1.54, 1.807) is 11.0 Å². The van der Waals surface area contributed by atoms with E-state index in [9.17, 15) is 24.0 Å². The average molecular weight is 486 g/mol. The molecule has 1 unspecified atom stereocenters. The first kappa shape index (κ1) is 24.7. The van der Waals surface area contributed by atoms with Crippen molar-refractivity contribution < 1.29 is 33.4 Å². The van der Waals surface area contributed by atoms with Crippen molar-refractivity contribution in [2.24, 2.45) is 5.92 Å². The first-order chi connectivity index (χ1) is 16.5. The Labute approximate surface area is 203 Å². The minimum atomic E-state index is -0.990. The molecule has 1 aromatic carbocycles. The first-order valence-corrected chi connectivity index (χ1v) is 12.0. The second-order valence-corrected chi connectivity index (χ2v) is 10.2. The van der Waals surface area contributed by atoms with Gasteiger partial charge < -0.3 is 14.4 Å². The number of carbonyl (C=O) groups is 5. The number of piperidine rings is 2. The van der Waals surface area contributed by atoms with Crippen LogP contribution in [0, 0.1) is 5.92 Å². The third-order valence-electron chi connectivity index (χ3n) is 6.47. The molecule has 1 atom stereocenters. The van der Waals surface area contributed by atoms with Crippen LogP contribution in [0.4, 0.5) is 4.79 Å². The van der Waals surface area contributed by atoms with Crippen LogP contribution in [-0.2, 0) is 14.3 Å². The maximum absolute atomic E-state index is 12.9. The lowest BCUT2D eigenvalue weighted by molar-refractivity contribution is -0.136. The largest absolute Gasteiger partial charge is 0.494 e. The monoisotopic (exact) mass is 485 g/mol. The van der Waals surface area contributed by atoms with Crippen LogP contribution in [0.15, 0.2) is 18.2 Å². The zero-order chi connectivity index (χ0) is 25.3. The summed E-state index contributed by atoms with van der Waals surface area (Å²) in [5.74, 6) is -1.25. The number of fused-ring (bicyclic) bond motifs is 1. The predicted octanol–water partition coefficient (Wildman–Crippen LogP) is 2.50. The molecule has 188 valence electrons. The smallest absolute Gasteiger partial charge is 0.410 e. The van der Waals surface area contributed by atoms with E-state index >= 15 is 0 Å². The topological polar surface area (TPSA) is 122 Å². The number of nitrogens with one attached hydrogen (secondary N) is 1. The van der Waals surface area contributed by atoms with Crippen molar-refractivity contribution in [3.63, 3.8) is 0 Å². The molecule has 2 saturated heterocycles. The van der Waals surface area contributed by atoms with E-state index < -0.39 is 35.3 Å². The summed E-state index contributed by atoms with van der Waals surface area (Å²) in [5, 5.41) is 2.19. The summed E-state index contributed by atoms with van der Waals surface area (Å²) in [5.41, 5.74) is -0.0906. The van der Waals surface area contributed by atoms with Crippen molar-refractivity contribution in [2.45, 2.75) is 64.5 Å². The van der Waals surface area contributed by atoms with Gasteiger partial charge in [0.05, 0.1) is 17.7 Å². The third-order valence-corrected chi connectivity index (χ3v) is 6.47. The fraction of sp³-hybridized carbons (Fsp3) is 0.560. The summed E-state index contributed by atoms with van der Waals surface area (Å²) in [6.45, 7) is 7.28. The van der Waals surface area contributed by atoms with Gasteiger partial charge >= 0.3 is 6.09 Å². The van der Waals surface area contributed by atoms with Crippen LogP contribution in [0.3, 0.4) is 0 Å². The van der Waals surface area contributed by atoms with Gasteiger partial charge in [-0.1, -0.05) is 0 Å². The fourth-order valence-corrected chi connectivity index (χ4v) is 4.61. The van der Waals surface area contributed by atoms with Gasteiger partial charge in [-0.2, -0.15) is 0 Å². The van der Waals surface area contributed by atoms with Crippen molar-refractivity contribution >= 4 is 29.7 Å². The second kappa shape index (κ2) is 9.67. The van der Waals surface area contributed by atoms with Crippen LogP contribution in [0.5, 0.6) is 5.75 Å². The van der Waals surface area contributed by atoms with Crippen LogP contribution in [0.25, 0.3) is 0 Å². The van der Waals surface area contributed by atoms with Gasteiger partial charge in [0.1, 0.15) is 17.4 Å². The van der Waals surface area contributed by atoms with Gasteiger partial charge in [0.25, 0.3) is 11.8 Å². The van der Waals surface area contributed by atoms with Gasteiger partial charge in [0.15, 0.2) is 0 Å². The molecular formula is C25H31N3O7. The summed E-state index contributed by atoms with van der Waals surface area (Å²) in [6.07, 6.45) is 2.44. The summed E-state index contributed by atoms with van der Waals surface area (Å²) in [6, 6.07) is 3.72. The van der Waals surface area contributed by atoms with Crippen LogP contribution in [-0.4, -0.2) is 70.9 Å². The zero-order valence-corrected chi connectivity index (χ0v) is 20.3. The Morgan fingerprint density at radius 3 is 2.37 bits per heavy atom. The zero-order valence-electron chi connectivity index (χ0n) is 20.3. The van der Waals surface area contributed by atoms with Crippen LogP contribution >= 0.6 is 0 Å². The van der Waals surface area contributed by atoms with Gasteiger partial charge in [0, 0.05) is 19.5 Å². The van der Waals surface area contributed by atoms with Gasteiger partial charge in [-0.05, 0) is 70.6 Å². The minimum Gasteiger partial charge on any atom is -0.494 e. The summed E-state index contributed by atoms with van der Waals surface area (Å²) in [7, 11) is 0. The maximum Gasteiger partial charge on any atom is 0.410 e. The number of nitrogens with zero attached hydrogens (tertiary/aromatic N) is 2. The highest BCUT2D eigenvalue weighted by molar-refractivity contribution is 6.23. The van der Waals surface area contributed by atoms with Crippen LogP contribution < -0.4 is 10.1 Å². The molecule has 1 aromatic rings. The molecule has 3 aliphatic rings. The Hall–Kier alpha value is -3.43. The van der Waals surface area contributed by atoms with E-state index in [1.165, 1.54) is 12.1 Å². The molecule has 3 aliphatic heterocycles. The highest BCUT2D eigenvalue weighted by Gasteiger charge is 2.44. The Balaban J connectivity index is 1.29. The Morgan fingerprint density at radius 1 is 1.03 bits per heavy atom. The second-order valence-electron chi connectivity index (χ2n) is 10.2. The van der Waals surface area contributed by atoms with Crippen molar-refractivity contribution in [3.8, 4) is 5.75 Å². The van der Waals surface area contributed by atoms with E-state index in [-0.39, 0.29) is 30.1 Å². The SMILES string of the molecule is CC(C)(C)OC(=O)N1CCC(CCOc2ccc3c(c2)C(=O)N(C2CCC(=O)NC2=O)C3=O)CC1. The Bertz CT molecular complexity index is 1050. The summed E-state index contributed by atoms with van der Waals surface area (Å²) >= 11 is 0. The quantitative estimate of drug-likeness (QED) is 0.636. The summed E-state index contributed by atoms with van der Waals surface area (Å²) in [4.78, 5) is 64.2. The van der Waals surface area contributed by atoms with Crippen molar-refractivity contribution in [3.05, 3.63) is 29.3 Å². The van der Waals surface area contributed by atoms with Crippen LogP contribution in [0.2, 0.25) is 0 Å². The van der Waals surface area contributed by atoms with Crippen molar-refractivity contribution in [1.82, 2.24) is 15.1 Å². The molecule has 35 heavy (non-hydrogen) atoms. The number of benzene rings is 1. The maximum atomic E-state index is 12.9. The predicted molar refractivity (Wildman–Crippen MR) is 124 cm³/mol. The molecule has 0 aromatic heterocycles. The average Bonchev–Trinajstić information content (AvgIpc) is 3.03. The van der Waals surface area contributed by atoms with E-state index in [1.807, 2.05) is 20.8 Å². The van der Waals surface area contributed by atoms with E-state index in [0.717, 1.165) is 24.2 Å². The van der Waals surface area contributed by atoms with Gasteiger partial charge in [-0.25, -0.2) is 4.79 Å². The molecule has 10 nitrogen and oxygen atoms in total. The molecule has 5 amide bonds. The molecular weight excluding hydrogens is 454 g/mol. The summed E-state index contributed by atoms with van der Waals surface area (Å²) < 4.78 is 11.3. The standard InChI is InChI=1S/C25H31N3O7/c1-25(2,3)35-24(33)27-11-8-15(9-12-27)10-13-34-16-4-5-17-18(14-16)23(32)28(22(17)31)19-6-7-20(29)26-21(19)30/h4-5,14-15,19H,6-13H2,1-3H3,(H,26,29,30). The normalized spacial score (nSPS) is 21.2. The van der Waals surface area contributed by atoms with Gasteiger partial charge in [-0.3, -0.25) is 29.4 Å². The number of rotatable bonds is 5. The number of imide groups is 2. The number of amides is 5. The van der Waals surface area contributed by atoms with Crippen molar-refractivity contribution in [1.29, 1.82) is 0 Å². The highest BCUT2D eigenvalue weighted by Crippen LogP contribution is 2.30. The first-order valence-electron chi connectivity index (χ1n) is 12.0. The molecule has 0 radical (unpaired) electrons. The molecule has 10 heteroatoms. The van der Waals surface area contributed by atoms with E-state index in [2.05, 4.69) is 5.32 Å². The minimum absolute atomic E-state index is 0.0782. The lowest BCUT2D eigenvalue weighted by atomic mass is 9.94. The molecule has 0 spiro atoms. The molecule has 3 heterocycles. The van der Waals surface area contributed by atoms with E-state index in [0.29, 0.717) is 31.4 Å². The third kappa shape index (κ3) is 5.47. The lowest BCUT2D eigenvalue weighted by Gasteiger charge is -2.33. The molecule has 4 rings (SSSR count). The number of hydrogen-bond acceptors (Lipinski definition) is 7. The van der Waals surface area contributed by atoms with Crippen molar-refractivity contribution in [2.75, 3.05) is 19.7 Å². The number of ether oxygens (including phenoxy) is 2. The fourth-order valence-electron chi connectivity index (χ4n) is 4.61. The number of hydrogen-bond donors (Lipinski definition) is 1. The Morgan fingerprint density at radius 2 is 1.71 bits per heavy atom. The molecule has 0 aliphatic carbocycles. The number of likely N-dealkylation sites (tertiary alicyclic amines) is 1. The molecule has 1 N–H and O–H groups in total. The van der Waals surface area contributed by atoms with Crippen LogP contribution in [0.1, 0.15) is 73.6 Å². The Kier molecular flexibility index (Phi) is 6.82. The number of carbonyl (C=O) groups excluding carboxylic acids is 5. The molecule has 0 bridgehead atoms. The van der Waals surface area contributed by atoms with E-state index in [4.69, 9.17) is 9.47 Å². The van der Waals surface area contributed by atoms with Gasteiger partial charge in [-0.15, -0.1) is 0 Å². The highest BCUT2D eigenvalue weighted by atomic mass is 16.6. The lowest BCUT2D eigenvalue weighted by Crippen LogP contribution is -2.54. The molecule has 0 saturated carbocycles. The van der Waals surface area contributed by atoms with Gasteiger partial charge in [0.2, 0.25) is 11.8 Å². The molecule has 2 fully saturated rings.